The normalized spacial score (nSPS) is 22.5. The zero-order valence-electron chi connectivity index (χ0n) is 11.7. The highest BCUT2D eigenvalue weighted by atomic mass is 32.1. The van der Waals surface area contributed by atoms with Gasteiger partial charge in [-0.25, -0.2) is 4.98 Å². The van der Waals surface area contributed by atoms with E-state index >= 15 is 0 Å². The molecule has 1 unspecified atom stereocenters. The van der Waals surface area contributed by atoms with Crippen LogP contribution in [-0.2, 0) is 16.0 Å². The summed E-state index contributed by atoms with van der Waals surface area (Å²) in [4.78, 5) is 30.2. The SMILES string of the molecule is Cc1csc(CCN2C(=O)C(C)(C)NC(=O)C2C)n1. The van der Waals surface area contributed by atoms with Crippen LogP contribution in [-0.4, -0.2) is 39.8 Å². The fourth-order valence-corrected chi connectivity index (χ4v) is 2.94. The number of aryl methyl sites for hydroxylation is 1. The van der Waals surface area contributed by atoms with Crippen LogP contribution in [0.4, 0.5) is 0 Å². The Balaban J connectivity index is 2.08. The summed E-state index contributed by atoms with van der Waals surface area (Å²) in [6.45, 7) is 7.71. The molecule has 0 aromatic carbocycles. The molecule has 0 spiro atoms. The molecule has 5 nitrogen and oxygen atoms in total. The van der Waals surface area contributed by atoms with Crippen molar-refractivity contribution in [3.8, 4) is 0 Å². The first-order valence-corrected chi connectivity index (χ1v) is 7.23. The van der Waals surface area contributed by atoms with Crippen molar-refractivity contribution in [2.75, 3.05) is 6.54 Å². The molecule has 1 N–H and O–H groups in total. The second-order valence-corrected chi connectivity index (χ2v) is 6.36. The highest BCUT2D eigenvalue weighted by Gasteiger charge is 2.42. The zero-order valence-corrected chi connectivity index (χ0v) is 12.5. The van der Waals surface area contributed by atoms with Gasteiger partial charge in [0.2, 0.25) is 11.8 Å². The summed E-state index contributed by atoms with van der Waals surface area (Å²) in [5, 5.41) is 5.74. The average molecular weight is 281 g/mol. The number of amides is 2. The summed E-state index contributed by atoms with van der Waals surface area (Å²) in [6, 6.07) is -0.415. The van der Waals surface area contributed by atoms with E-state index in [9.17, 15) is 9.59 Å². The Labute approximate surface area is 117 Å². The molecule has 2 rings (SSSR count). The van der Waals surface area contributed by atoms with Crippen molar-refractivity contribution >= 4 is 23.2 Å². The summed E-state index contributed by atoms with van der Waals surface area (Å²) in [6.07, 6.45) is 0.692. The lowest BCUT2D eigenvalue weighted by Crippen LogP contribution is -2.67. The molecule has 1 fully saturated rings. The van der Waals surface area contributed by atoms with E-state index in [4.69, 9.17) is 0 Å². The van der Waals surface area contributed by atoms with Crippen molar-refractivity contribution in [2.24, 2.45) is 0 Å². The molecular weight excluding hydrogens is 262 g/mol. The van der Waals surface area contributed by atoms with Gasteiger partial charge >= 0.3 is 0 Å². The number of thiazole rings is 1. The summed E-state index contributed by atoms with van der Waals surface area (Å²) in [5.41, 5.74) is 0.179. The summed E-state index contributed by atoms with van der Waals surface area (Å²) in [7, 11) is 0. The minimum atomic E-state index is -0.817. The second kappa shape index (κ2) is 4.92. The van der Waals surface area contributed by atoms with Gasteiger partial charge in [-0.1, -0.05) is 0 Å². The molecule has 0 aliphatic carbocycles. The number of nitrogens with one attached hydrogen (secondary N) is 1. The number of carbonyl (C=O) groups is 2. The molecule has 6 heteroatoms. The summed E-state index contributed by atoms with van der Waals surface area (Å²) < 4.78 is 0. The van der Waals surface area contributed by atoms with E-state index in [-0.39, 0.29) is 11.8 Å². The van der Waals surface area contributed by atoms with Gasteiger partial charge in [-0.15, -0.1) is 11.3 Å². The van der Waals surface area contributed by atoms with Crippen LogP contribution in [0.25, 0.3) is 0 Å². The molecule has 19 heavy (non-hydrogen) atoms. The Morgan fingerprint density at radius 1 is 1.47 bits per heavy atom. The van der Waals surface area contributed by atoms with Crippen molar-refractivity contribution in [2.45, 2.75) is 45.7 Å². The Bertz CT molecular complexity index is 510. The van der Waals surface area contributed by atoms with E-state index in [2.05, 4.69) is 10.3 Å². The van der Waals surface area contributed by atoms with E-state index < -0.39 is 11.6 Å². The molecule has 1 aromatic rings. The third-order valence-corrected chi connectivity index (χ3v) is 4.34. The maximum atomic E-state index is 12.3. The lowest BCUT2D eigenvalue weighted by atomic mass is 9.97. The number of piperazine rings is 1. The minimum Gasteiger partial charge on any atom is -0.340 e. The molecule has 1 atom stereocenters. The maximum Gasteiger partial charge on any atom is 0.248 e. The Morgan fingerprint density at radius 3 is 2.74 bits per heavy atom. The van der Waals surface area contributed by atoms with Gasteiger partial charge in [-0.3, -0.25) is 9.59 Å². The van der Waals surface area contributed by atoms with Crippen molar-refractivity contribution in [3.05, 3.63) is 16.1 Å². The quantitative estimate of drug-likeness (QED) is 0.903. The monoisotopic (exact) mass is 281 g/mol. The second-order valence-electron chi connectivity index (χ2n) is 5.42. The number of nitrogens with zero attached hydrogens (tertiary/aromatic N) is 2. The van der Waals surface area contributed by atoms with Crippen molar-refractivity contribution in [3.63, 3.8) is 0 Å². The van der Waals surface area contributed by atoms with Crippen molar-refractivity contribution in [1.29, 1.82) is 0 Å². The van der Waals surface area contributed by atoms with Crippen LogP contribution in [0.15, 0.2) is 5.38 Å². The number of hydrogen-bond acceptors (Lipinski definition) is 4. The zero-order chi connectivity index (χ0) is 14.2. The molecular formula is C13H19N3O2S. The number of aromatic nitrogens is 1. The first-order valence-electron chi connectivity index (χ1n) is 6.35. The number of carbonyl (C=O) groups excluding carboxylic acids is 2. The molecule has 1 aliphatic heterocycles. The van der Waals surface area contributed by atoms with Crippen LogP contribution in [0.1, 0.15) is 31.5 Å². The highest BCUT2D eigenvalue weighted by Crippen LogP contribution is 2.19. The minimum absolute atomic E-state index is 0.0344. The van der Waals surface area contributed by atoms with Gasteiger partial charge in [-0.2, -0.15) is 0 Å². The third-order valence-electron chi connectivity index (χ3n) is 3.31. The standard InChI is InChI=1S/C13H19N3O2S/c1-8-7-19-10(14-8)5-6-16-9(2)11(17)15-13(3,4)12(16)18/h7,9H,5-6H2,1-4H3,(H,15,17). The molecule has 1 aromatic heterocycles. The fourth-order valence-electron chi connectivity index (χ4n) is 2.17. The molecule has 1 saturated heterocycles. The fraction of sp³-hybridized carbons (Fsp3) is 0.615. The van der Waals surface area contributed by atoms with Gasteiger partial charge in [-0.05, 0) is 27.7 Å². The lowest BCUT2D eigenvalue weighted by molar-refractivity contribution is -0.152. The Kier molecular flexibility index (Phi) is 3.62. The topological polar surface area (TPSA) is 62.3 Å². The predicted molar refractivity (Wildman–Crippen MR) is 74.0 cm³/mol. The van der Waals surface area contributed by atoms with E-state index in [0.29, 0.717) is 13.0 Å². The molecule has 104 valence electrons. The van der Waals surface area contributed by atoms with Crippen LogP contribution in [0.2, 0.25) is 0 Å². The smallest absolute Gasteiger partial charge is 0.248 e. The number of hydrogen-bond donors (Lipinski definition) is 1. The summed E-state index contributed by atoms with van der Waals surface area (Å²) >= 11 is 1.59. The average Bonchev–Trinajstić information content (AvgIpc) is 2.72. The summed E-state index contributed by atoms with van der Waals surface area (Å²) in [5.74, 6) is -0.132. The Hall–Kier alpha value is -1.43. The molecule has 1 aliphatic rings. The van der Waals surface area contributed by atoms with Crippen LogP contribution in [0.3, 0.4) is 0 Å². The van der Waals surface area contributed by atoms with Crippen LogP contribution in [0.5, 0.6) is 0 Å². The van der Waals surface area contributed by atoms with Crippen molar-refractivity contribution in [1.82, 2.24) is 15.2 Å². The van der Waals surface area contributed by atoms with Gasteiger partial charge in [0, 0.05) is 24.0 Å². The molecule has 0 saturated carbocycles. The van der Waals surface area contributed by atoms with Crippen LogP contribution in [0, 0.1) is 6.92 Å². The van der Waals surface area contributed by atoms with Crippen LogP contribution < -0.4 is 5.32 Å². The lowest BCUT2D eigenvalue weighted by Gasteiger charge is -2.41. The van der Waals surface area contributed by atoms with Gasteiger partial charge in [0.1, 0.15) is 11.6 Å². The van der Waals surface area contributed by atoms with Crippen LogP contribution >= 0.6 is 11.3 Å². The van der Waals surface area contributed by atoms with E-state index in [1.807, 2.05) is 12.3 Å². The van der Waals surface area contributed by atoms with Gasteiger partial charge < -0.3 is 10.2 Å². The number of rotatable bonds is 3. The van der Waals surface area contributed by atoms with Gasteiger partial charge in [0.05, 0.1) is 5.01 Å². The third kappa shape index (κ3) is 2.78. The first kappa shape index (κ1) is 14.0. The van der Waals surface area contributed by atoms with E-state index in [0.717, 1.165) is 10.7 Å². The first-order chi connectivity index (χ1) is 8.81. The predicted octanol–water partition coefficient (Wildman–Crippen LogP) is 1.12. The molecule has 0 bridgehead atoms. The largest absolute Gasteiger partial charge is 0.340 e. The highest BCUT2D eigenvalue weighted by molar-refractivity contribution is 7.09. The van der Waals surface area contributed by atoms with Crippen molar-refractivity contribution < 1.29 is 9.59 Å². The van der Waals surface area contributed by atoms with E-state index in [1.54, 1.807) is 37.0 Å². The molecule has 0 radical (unpaired) electrons. The molecule has 2 amide bonds. The Morgan fingerprint density at radius 2 is 2.16 bits per heavy atom. The van der Waals surface area contributed by atoms with Gasteiger partial charge in [0.25, 0.3) is 0 Å². The van der Waals surface area contributed by atoms with E-state index in [1.165, 1.54) is 0 Å². The molecule has 2 heterocycles. The maximum absolute atomic E-state index is 12.3. The van der Waals surface area contributed by atoms with Gasteiger partial charge in [0.15, 0.2) is 0 Å².